The van der Waals surface area contributed by atoms with Crippen LogP contribution in [0.4, 0.5) is 11.4 Å². The maximum atomic E-state index is 11.4. The van der Waals surface area contributed by atoms with E-state index in [1.165, 1.54) is 7.11 Å². The van der Waals surface area contributed by atoms with Gasteiger partial charge < -0.3 is 20.5 Å². The lowest BCUT2D eigenvalue weighted by Crippen LogP contribution is -2.15. The van der Waals surface area contributed by atoms with Crippen molar-refractivity contribution < 1.29 is 14.3 Å². The normalized spacial score (nSPS) is 18.6. The smallest absolute Gasteiger partial charge is 0.337 e. The molecule has 0 aromatic heterocycles. The maximum Gasteiger partial charge on any atom is 0.337 e. The van der Waals surface area contributed by atoms with Crippen molar-refractivity contribution in [3.8, 4) is 0 Å². The van der Waals surface area contributed by atoms with Crippen LogP contribution in [0.2, 0.25) is 0 Å². The highest BCUT2D eigenvalue weighted by molar-refractivity contribution is 5.91. The highest BCUT2D eigenvalue weighted by Gasteiger charge is 2.16. The molecule has 5 heteroatoms. The first-order valence-electron chi connectivity index (χ1n) is 6.00. The minimum Gasteiger partial charge on any atom is -0.465 e. The summed E-state index contributed by atoms with van der Waals surface area (Å²) in [5, 5.41) is 3.26. The quantitative estimate of drug-likeness (QED) is 0.626. The van der Waals surface area contributed by atoms with E-state index >= 15 is 0 Å². The molecule has 3 N–H and O–H groups in total. The predicted molar refractivity (Wildman–Crippen MR) is 69.6 cm³/mol. The van der Waals surface area contributed by atoms with Gasteiger partial charge >= 0.3 is 5.97 Å². The topological polar surface area (TPSA) is 73.6 Å². The Morgan fingerprint density at radius 1 is 1.61 bits per heavy atom. The van der Waals surface area contributed by atoms with E-state index in [1.807, 2.05) is 0 Å². The minimum atomic E-state index is -0.359. The lowest BCUT2D eigenvalue weighted by Gasteiger charge is -2.13. The summed E-state index contributed by atoms with van der Waals surface area (Å²) < 4.78 is 9.99. The average molecular weight is 250 g/mol. The average Bonchev–Trinajstić information content (AvgIpc) is 2.90. The van der Waals surface area contributed by atoms with Crippen molar-refractivity contribution in [3.05, 3.63) is 23.8 Å². The van der Waals surface area contributed by atoms with E-state index in [1.54, 1.807) is 18.2 Å². The summed E-state index contributed by atoms with van der Waals surface area (Å²) in [6, 6.07) is 5.09. The van der Waals surface area contributed by atoms with Crippen LogP contribution in [0.25, 0.3) is 0 Å². The van der Waals surface area contributed by atoms with Gasteiger partial charge in [-0.3, -0.25) is 0 Å². The first kappa shape index (κ1) is 12.7. The summed E-state index contributed by atoms with van der Waals surface area (Å²) in [6.07, 6.45) is 1.06. The molecule has 0 spiro atoms. The largest absolute Gasteiger partial charge is 0.465 e. The Kier molecular flexibility index (Phi) is 4.04. The standard InChI is InChI=1S/C13H18N2O3/c1-17-13(16)10-2-3-11(14)12(6-10)15-7-9-4-5-18-8-9/h2-3,6,9,15H,4-5,7-8,14H2,1H3. The third-order valence-corrected chi connectivity index (χ3v) is 3.08. The first-order valence-corrected chi connectivity index (χ1v) is 6.00. The van der Waals surface area contributed by atoms with Crippen molar-refractivity contribution in [1.29, 1.82) is 0 Å². The van der Waals surface area contributed by atoms with E-state index in [0.29, 0.717) is 17.2 Å². The molecular formula is C13H18N2O3. The second-order valence-electron chi connectivity index (χ2n) is 4.40. The van der Waals surface area contributed by atoms with Gasteiger partial charge in [-0.25, -0.2) is 4.79 Å². The number of nitrogen functional groups attached to an aromatic ring is 1. The van der Waals surface area contributed by atoms with Gasteiger partial charge in [0.1, 0.15) is 0 Å². The Balaban J connectivity index is 2.03. The minimum absolute atomic E-state index is 0.359. The summed E-state index contributed by atoms with van der Waals surface area (Å²) in [5.74, 6) is 0.147. The molecule has 0 saturated carbocycles. The van der Waals surface area contributed by atoms with Crippen molar-refractivity contribution >= 4 is 17.3 Å². The SMILES string of the molecule is COC(=O)c1ccc(N)c(NCC2CCOC2)c1. The van der Waals surface area contributed by atoms with E-state index in [-0.39, 0.29) is 5.97 Å². The van der Waals surface area contributed by atoms with Crippen LogP contribution in [0, 0.1) is 5.92 Å². The van der Waals surface area contributed by atoms with E-state index in [9.17, 15) is 4.79 Å². The fraction of sp³-hybridized carbons (Fsp3) is 0.462. The molecule has 18 heavy (non-hydrogen) atoms. The fourth-order valence-electron chi connectivity index (χ4n) is 1.95. The molecule has 1 unspecified atom stereocenters. The molecule has 1 aliphatic heterocycles. The summed E-state index contributed by atoms with van der Waals surface area (Å²) in [5.41, 5.74) is 7.76. The predicted octanol–water partition coefficient (Wildman–Crippen LogP) is 1.50. The van der Waals surface area contributed by atoms with Crippen LogP contribution in [0.5, 0.6) is 0 Å². The number of carbonyl (C=O) groups excluding carboxylic acids is 1. The Bertz CT molecular complexity index is 428. The van der Waals surface area contributed by atoms with Crippen LogP contribution in [0.15, 0.2) is 18.2 Å². The molecule has 1 aliphatic rings. The van der Waals surface area contributed by atoms with Crippen LogP contribution in [0.1, 0.15) is 16.8 Å². The summed E-state index contributed by atoms with van der Waals surface area (Å²) >= 11 is 0. The Morgan fingerprint density at radius 2 is 2.44 bits per heavy atom. The number of carbonyl (C=O) groups is 1. The number of methoxy groups -OCH3 is 1. The fourth-order valence-corrected chi connectivity index (χ4v) is 1.95. The number of nitrogens with one attached hydrogen (secondary N) is 1. The number of esters is 1. The molecule has 1 aromatic rings. The number of benzene rings is 1. The number of anilines is 2. The number of hydrogen-bond donors (Lipinski definition) is 2. The lowest BCUT2D eigenvalue weighted by atomic mass is 10.1. The van der Waals surface area contributed by atoms with Gasteiger partial charge in [-0.05, 0) is 24.6 Å². The Morgan fingerprint density at radius 3 is 3.11 bits per heavy atom. The molecule has 0 amide bonds. The maximum absolute atomic E-state index is 11.4. The zero-order valence-corrected chi connectivity index (χ0v) is 10.4. The van der Waals surface area contributed by atoms with Crippen molar-refractivity contribution in [3.63, 3.8) is 0 Å². The van der Waals surface area contributed by atoms with E-state index in [4.69, 9.17) is 10.5 Å². The molecule has 0 aliphatic carbocycles. The molecule has 98 valence electrons. The number of ether oxygens (including phenoxy) is 2. The number of rotatable bonds is 4. The van der Waals surface area contributed by atoms with Gasteiger partial charge in [0.2, 0.25) is 0 Å². The molecule has 2 rings (SSSR count). The van der Waals surface area contributed by atoms with Crippen LogP contribution < -0.4 is 11.1 Å². The van der Waals surface area contributed by atoms with Gasteiger partial charge in [-0.2, -0.15) is 0 Å². The van der Waals surface area contributed by atoms with E-state index in [0.717, 1.165) is 31.9 Å². The molecule has 0 radical (unpaired) electrons. The van der Waals surface area contributed by atoms with Gasteiger partial charge in [0.05, 0.1) is 30.7 Å². The highest BCUT2D eigenvalue weighted by atomic mass is 16.5. The van der Waals surface area contributed by atoms with E-state index in [2.05, 4.69) is 10.1 Å². The zero-order chi connectivity index (χ0) is 13.0. The van der Waals surface area contributed by atoms with Crippen LogP contribution >= 0.6 is 0 Å². The van der Waals surface area contributed by atoms with Crippen molar-refractivity contribution in [2.24, 2.45) is 5.92 Å². The number of hydrogen-bond acceptors (Lipinski definition) is 5. The molecule has 5 nitrogen and oxygen atoms in total. The molecule has 1 aromatic carbocycles. The second kappa shape index (κ2) is 5.73. The van der Waals surface area contributed by atoms with Gasteiger partial charge in [-0.1, -0.05) is 0 Å². The first-order chi connectivity index (χ1) is 8.70. The van der Waals surface area contributed by atoms with Gasteiger partial charge in [0.25, 0.3) is 0 Å². The van der Waals surface area contributed by atoms with Gasteiger partial charge in [0.15, 0.2) is 0 Å². The van der Waals surface area contributed by atoms with Crippen LogP contribution in [-0.2, 0) is 9.47 Å². The Labute approximate surface area is 106 Å². The molecule has 1 saturated heterocycles. The summed E-state index contributed by atoms with van der Waals surface area (Å²) in [6.45, 7) is 2.41. The highest BCUT2D eigenvalue weighted by Crippen LogP contribution is 2.22. The lowest BCUT2D eigenvalue weighted by molar-refractivity contribution is 0.0601. The monoisotopic (exact) mass is 250 g/mol. The Hall–Kier alpha value is -1.75. The van der Waals surface area contributed by atoms with Gasteiger partial charge in [0, 0.05) is 19.1 Å². The molecule has 1 heterocycles. The molecule has 1 fully saturated rings. The van der Waals surface area contributed by atoms with Crippen molar-refractivity contribution in [1.82, 2.24) is 0 Å². The van der Waals surface area contributed by atoms with Crippen molar-refractivity contribution in [2.45, 2.75) is 6.42 Å². The summed E-state index contributed by atoms with van der Waals surface area (Å²) in [4.78, 5) is 11.4. The van der Waals surface area contributed by atoms with Crippen LogP contribution in [-0.4, -0.2) is 32.8 Å². The van der Waals surface area contributed by atoms with E-state index < -0.39 is 0 Å². The second-order valence-corrected chi connectivity index (χ2v) is 4.40. The van der Waals surface area contributed by atoms with Gasteiger partial charge in [-0.15, -0.1) is 0 Å². The van der Waals surface area contributed by atoms with Crippen molar-refractivity contribution in [2.75, 3.05) is 37.9 Å². The number of nitrogens with two attached hydrogens (primary N) is 1. The summed E-state index contributed by atoms with van der Waals surface area (Å²) in [7, 11) is 1.36. The zero-order valence-electron chi connectivity index (χ0n) is 10.4. The molecular weight excluding hydrogens is 232 g/mol. The third kappa shape index (κ3) is 2.92. The third-order valence-electron chi connectivity index (χ3n) is 3.08. The van der Waals surface area contributed by atoms with Crippen LogP contribution in [0.3, 0.4) is 0 Å². The molecule has 0 bridgehead atoms. The molecule has 1 atom stereocenters.